The second-order valence-corrected chi connectivity index (χ2v) is 8.85. The van der Waals surface area contributed by atoms with Crippen LogP contribution in [0.15, 0.2) is 70.0 Å². The van der Waals surface area contributed by atoms with Gasteiger partial charge in [0.2, 0.25) is 0 Å². The number of halogens is 1. The van der Waals surface area contributed by atoms with E-state index in [-0.39, 0.29) is 17.7 Å². The predicted molar refractivity (Wildman–Crippen MR) is 125 cm³/mol. The molecule has 4 nitrogen and oxygen atoms in total. The van der Waals surface area contributed by atoms with Crippen molar-refractivity contribution in [3.05, 3.63) is 81.2 Å². The molecular weight excluding hydrogens is 462 g/mol. The lowest BCUT2D eigenvalue weighted by Crippen LogP contribution is -2.27. The monoisotopic (exact) mass is 481 g/mol. The van der Waals surface area contributed by atoms with Gasteiger partial charge < -0.3 is 4.74 Å². The fraction of sp³-hybridized carbons (Fsp3) is 0.167. The molecule has 0 aliphatic carbocycles. The number of carbonyl (C=O) groups is 2. The maximum Gasteiger partial charge on any atom is 0.293 e. The summed E-state index contributed by atoms with van der Waals surface area (Å²) in [6.45, 7) is 2.88. The number of hydrogen-bond acceptors (Lipinski definition) is 4. The highest BCUT2D eigenvalue weighted by Crippen LogP contribution is 2.36. The third kappa shape index (κ3) is 4.30. The second-order valence-electron chi connectivity index (χ2n) is 6.94. The van der Waals surface area contributed by atoms with Crippen LogP contribution in [0.2, 0.25) is 0 Å². The molecule has 1 saturated heterocycles. The Morgan fingerprint density at radius 3 is 2.70 bits per heavy atom. The summed E-state index contributed by atoms with van der Waals surface area (Å²) in [7, 11) is 0. The maximum atomic E-state index is 13.0. The summed E-state index contributed by atoms with van der Waals surface area (Å²) in [5.74, 6) is 0.417. The molecule has 0 atom stereocenters. The van der Waals surface area contributed by atoms with Crippen LogP contribution >= 0.6 is 27.7 Å². The Labute approximate surface area is 188 Å². The highest BCUT2D eigenvalue weighted by Gasteiger charge is 2.35. The molecule has 0 bridgehead atoms. The van der Waals surface area contributed by atoms with E-state index in [0.29, 0.717) is 17.3 Å². The Balaban J connectivity index is 1.62. The minimum absolute atomic E-state index is 0.251. The Morgan fingerprint density at radius 1 is 1.07 bits per heavy atom. The molecule has 0 radical (unpaired) electrons. The Bertz CT molecular complexity index is 1150. The summed E-state index contributed by atoms with van der Waals surface area (Å²) in [6, 6.07) is 19.6. The third-order valence-corrected chi connectivity index (χ3v) is 6.20. The van der Waals surface area contributed by atoms with Crippen molar-refractivity contribution in [2.75, 3.05) is 6.61 Å². The smallest absolute Gasteiger partial charge is 0.293 e. The lowest BCUT2D eigenvalue weighted by molar-refractivity contribution is -0.123. The first-order valence-corrected chi connectivity index (χ1v) is 11.3. The Hall–Kier alpha value is -2.57. The maximum absolute atomic E-state index is 13.0. The molecule has 30 heavy (non-hydrogen) atoms. The van der Waals surface area contributed by atoms with Gasteiger partial charge in [0, 0.05) is 10.0 Å². The number of carbonyl (C=O) groups excluding carboxylic acids is 2. The van der Waals surface area contributed by atoms with Gasteiger partial charge in [-0.1, -0.05) is 65.3 Å². The molecule has 3 aromatic carbocycles. The molecule has 0 unspecified atom stereocenters. The van der Waals surface area contributed by atoms with Crippen molar-refractivity contribution in [2.45, 2.75) is 19.9 Å². The first-order valence-electron chi connectivity index (χ1n) is 9.71. The van der Waals surface area contributed by atoms with E-state index in [4.69, 9.17) is 4.74 Å². The molecule has 0 saturated carbocycles. The number of amides is 2. The summed E-state index contributed by atoms with van der Waals surface area (Å²) >= 11 is 4.43. The minimum atomic E-state index is -0.278. The van der Waals surface area contributed by atoms with Gasteiger partial charge in [-0.25, -0.2) is 0 Å². The zero-order valence-corrected chi connectivity index (χ0v) is 18.8. The molecule has 0 spiro atoms. The number of benzene rings is 3. The van der Waals surface area contributed by atoms with Crippen LogP contribution < -0.4 is 4.74 Å². The lowest BCUT2D eigenvalue weighted by atomic mass is 10.0. The molecule has 1 heterocycles. The zero-order valence-electron chi connectivity index (χ0n) is 16.4. The fourth-order valence-corrected chi connectivity index (χ4v) is 4.56. The number of rotatable bonds is 6. The Morgan fingerprint density at radius 2 is 1.87 bits per heavy atom. The molecule has 2 amide bonds. The van der Waals surface area contributed by atoms with Crippen LogP contribution in [0.5, 0.6) is 5.75 Å². The number of fused-ring (bicyclic) bond motifs is 1. The van der Waals surface area contributed by atoms with Crippen molar-refractivity contribution in [1.82, 2.24) is 4.90 Å². The van der Waals surface area contributed by atoms with Crippen LogP contribution in [0, 0.1) is 0 Å². The zero-order chi connectivity index (χ0) is 21.1. The third-order valence-electron chi connectivity index (χ3n) is 4.80. The summed E-state index contributed by atoms with van der Waals surface area (Å²) < 4.78 is 6.68. The van der Waals surface area contributed by atoms with E-state index >= 15 is 0 Å². The largest absolute Gasteiger partial charge is 0.493 e. The molecule has 6 heteroatoms. The van der Waals surface area contributed by atoms with Gasteiger partial charge in [-0.15, -0.1) is 0 Å². The van der Waals surface area contributed by atoms with Crippen molar-refractivity contribution < 1.29 is 14.3 Å². The first kappa shape index (κ1) is 20.7. The van der Waals surface area contributed by atoms with E-state index < -0.39 is 0 Å². The van der Waals surface area contributed by atoms with Crippen molar-refractivity contribution in [2.24, 2.45) is 0 Å². The molecule has 0 aromatic heterocycles. The van der Waals surface area contributed by atoms with Crippen molar-refractivity contribution in [3.63, 3.8) is 0 Å². The molecule has 1 fully saturated rings. The van der Waals surface area contributed by atoms with Crippen molar-refractivity contribution >= 4 is 55.7 Å². The van der Waals surface area contributed by atoms with Crippen molar-refractivity contribution in [3.8, 4) is 5.75 Å². The Kier molecular flexibility index (Phi) is 6.25. The van der Waals surface area contributed by atoms with Gasteiger partial charge in [0.1, 0.15) is 5.75 Å². The standard InChI is InChI=1S/C24H20BrNO3S/c1-2-12-29-21-11-10-19(25)13-18(21)14-22-23(27)26(24(28)30-22)15-17-8-5-7-16-6-3-4-9-20(16)17/h3-11,13-14H,2,12,15H2,1H3/b22-14-. The summed E-state index contributed by atoms with van der Waals surface area (Å²) in [5.41, 5.74) is 1.72. The summed E-state index contributed by atoms with van der Waals surface area (Å²) in [4.78, 5) is 27.4. The average molecular weight is 482 g/mol. The van der Waals surface area contributed by atoms with Crippen LogP contribution in [0.3, 0.4) is 0 Å². The topological polar surface area (TPSA) is 46.6 Å². The van der Waals surface area contributed by atoms with Crippen molar-refractivity contribution in [1.29, 1.82) is 0 Å². The molecule has 1 aliphatic rings. The van der Waals surface area contributed by atoms with E-state index in [1.165, 1.54) is 4.90 Å². The van der Waals surface area contributed by atoms with Crippen LogP contribution in [0.4, 0.5) is 4.79 Å². The van der Waals surface area contributed by atoms with Gasteiger partial charge in [0.15, 0.2) is 0 Å². The fourth-order valence-electron chi connectivity index (χ4n) is 3.35. The number of nitrogens with zero attached hydrogens (tertiary/aromatic N) is 1. The molecule has 4 rings (SSSR count). The second kappa shape index (κ2) is 9.06. The first-order chi connectivity index (χ1) is 14.6. The van der Waals surface area contributed by atoms with Gasteiger partial charge in [-0.3, -0.25) is 14.5 Å². The molecular formula is C24H20BrNO3S. The number of hydrogen-bond donors (Lipinski definition) is 0. The van der Waals surface area contributed by atoms with E-state index in [1.54, 1.807) is 6.08 Å². The minimum Gasteiger partial charge on any atom is -0.493 e. The van der Waals surface area contributed by atoms with Crippen LogP contribution in [-0.2, 0) is 11.3 Å². The normalized spacial score (nSPS) is 15.4. The SMILES string of the molecule is CCCOc1ccc(Br)cc1/C=C1\SC(=O)N(Cc2cccc3ccccc23)C1=O. The number of imide groups is 1. The highest BCUT2D eigenvalue weighted by molar-refractivity contribution is 9.10. The average Bonchev–Trinajstić information content (AvgIpc) is 3.01. The van der Waals surface area contributed by atoms with Gasteiger partial charge >= 0.3 is 0 Å². The molecule has 152 valence electrons. The van der Waals surface area contributed by atoms with E-state index in [2.05, 4.69) is 15.9 Å². The van der Waals surface area contributed by atoms with Gasteiger partial charge in [0.25, 0.3) is 11.1 Å². The van der Waals surface area contributed by atoms with Crippen LogP contribution in [0.25, 0.3) is 16.8 Å². The summed E-state index contributed by atoms with van der Waals surface area (Å²) in [5, 5.41) is 1.87. The predicted octanol–water partition coefficient (Wildman–Crippen LogP) is 6.63. The quantitative estimate of drug-likeness (QED) is 0.370. The molecule has 3 aromatic rings. The van der Waals surface area contributed by atoms with Crippen LogP contribution in [0.1, 0.15) is 24.5 Å². The van der Waals surface area contributed by atoms with Gasteiger partial charge in [-0.2, -0.15) is 0 Å². The van der Waals surface area contributed by atoms with Gasteiger partial charge in [0.05, 0.1) is 18.1 Å². The molecule has 1 aliphatic heterocycles. The highest BCUT2D eigenvalue weighted by atomic mass is 79.9. The van der Waals surface area contributed by atoms with E-state index in [1.807, 2.05) is 67.6 Å². The molecule has 0 N–H and O–H groups in total. The van der Waals surface area contributed by atoms with E-state index in [0.717, 1.165) is 44.6 Å². The lowest BCUT2D eigenvalue weighted by Gasteiger charge is -2.14. The van der Waals surface area contributed by atoms with Crippen LogP contribution in [-0.4, -0.2) is 22.7 Å². The van der Waals surface area contributed by atoms with E-state index in [9.17, 15) is 9.59 Å². The summed E-state index contributed by atoms with van der Waals surface area (Å²) in [6.07, 6.45) is 2.63. The van der Waals surface area contributed by atoms with Gasteiger partial charge in [-0.05, 0) is 58.8 Å². The number of thioether (sulfide) groups is 1. The number of ether oxygens (including phenoxy) is 1.